The predicted molar refractivity (Wildman–Crippen MR) is 104 cm³/mol. The summed E-state index contributed by atoms with van der Waals surface area (Å²) in [6.07, 6.45) is 0.998. The molecule has 0 aliphatic rings. The van der Waals surface area contributed by atoms with Gasteiger partial charge in [0.2, 0.25) is 10.0 Å². The van der Waals surface area contributed by atoms with Crippen molar-refractivity contribution in [2.45, 2.75) is 26.4 Å². The largest absolute Gasteiger partial charge is 0.481 e. The van der Waals surface area contributed by atoms with Crippen LogP contribution in [0.3, 0.4) is 0 Å². The van der Waals surface area contributed by atoms with Gasteiger partial charge in [0.25, 0.3) is 5.91 Å². The summed E-state index contributed by atoms with van der Waals surface area (Å²) in [6, 6.07) is 14.1. The Morgan fingerprint density at radius 3 is 2.19 bits per heavy atom. The van der Waals surface area contributed by atoms with Crippen LogP contribution in [0.25, 0.3) is 0 Å². The smallest absolute Gasteiger partial charge is 0.265 e. The number of anilines is 2. The zero-order valence-corrected chi connectivity index (χ0v) is 16.2. The second-order valence-electron chi connectivity index (χ2n) is 6.09. The Morgan fingerprint density at radius 2 is 1.69 bits per heavy atom. The van der Waals surface area contributed by atoms with E-state index in [9.17, 15) is 13.2 Å². The summed E-state index contributed by atoms with van der Waals surface area (Å²) in [7, 11) is -1.84. The first-order chi connectivity index (χ1) is 12.2. The second-order valence-corrected chi connectivity index (χ2v) is 8.11. The fourth-order valence-electron chi connectivity index (χ4n) is 2.27. The van der Waals surface area contributed by atoms with Crippen LogP contribution in [0.2, 0.25) is 0 Å². The second kappa shape index (κ2) is 8.23. The van der Waals surface area contributed by atoms with Crippen molar-refractivity contribution in [1.29, 1.82) is 0 Å². The van der Waals surface area contributed by atoms with Crippen LogP contribution < -0.4 is 14.4 Å². The highest BCUT2D eigenvalue weighted by Gasteiger charge is 2.19. The number of carbonyl (C=O) groups excluding carboxylic acids is 1. The Balaban J connectivity index is 2.04. The Hall–Kier alpha value is -2.54. The Bertz CT molecular complexity index is 846. The Labute approximate surface area is 154 Å². The molecule has 0 spiro atoms. The van der Waals surface area contributed by atoms with Crippen LogP contribution in [0.5, 0.6) is 5.75 Å². The SMILES string of the molecule is CCC(Oc1ccc(N(C)S(C)(=O)=O)cc1)C(=O)Nc1ccc(C)cc1. The van der Waals surface area contributed by atoms with E-state index in [1.807, 2.05) is 38.1 Å². The van der Waals surface area contributed by atoms with Crippen LogP contribution in [0.4, 0.5) is 11.4 Å². The standard InChI is InChI=1S/C19H24N2O4S/c1-5-18(19(22)20-15-8-6-14(2)7-9-15)25-17-12-10-16(11-13-17)21(3)26(4,23)24/h6-13,18H,5H2,1-4H3,(H,20,22). The quantitative estimate of drug-likeness (QED) is 0.805. The van der Waals surface area contributed by atoms with Crippen LogP contribution in [0.15, 0.2) is 48.5 Å². The molecule has 6 nitrogen and oxygen atoms in total. The number of hydrogen-bond acceptors (Lipinski definition) is 4. The topological polar surface area (TPSA) is 75.7 Å². The number of rotatable bonds is 7. The van der Waals surface area contributed by atoms with Gasteiger partial charge >= 0.3 is 0 Å². The van der Waals surface area contributed by atoms with E-state index < -0.39 is 16.1 Å². The summed E-state index contributed by atoms with van der Waals surface area (Å²) in [5.41, 5.74) is 2.36. The number of carbonyl (C=O) groups is 1. The minimum atomic E-state index is -3.32. The highest BCUT2D eigenvalue weighted by atomic mass is 32.2. The van der Waals surface area contributed by atoms with Gasteiger partial charge < -0.3 is 10.1 Å². The van der Waals surface area contributed by atoms with E-state index in [-0.39, 0.29) is 5.91 Å². The molecule has 2 aromatic rings. The van der Waals surface area contributed by atoms with E-state index in [0.717, 1.165) is 11.8 Å². The molecule has 0 aromatic heterocycles. The first-order valence-electron chi connectivity index (χ1n) is 8.29. The fraction of sp³-hybridized carbons (Fsp3) is 0.316. The zero-order valence-electron chi connectivity index (χ0n) is 15.4. The summed E-state index contributed by atoms with van der Waals surface area (Å²) in [6.45, 7) is 3.85. The molecule has 1 N–H and O–H groups in total. The van der Waals surface area contributed by atoms with Gasteiger partial charge in [-0.3, -0.25) is 9.10 Å². The van der Waals surface area contributed by atoms with Crippen LogP contribution in [0, 0.1) is 6.92 Å². The molecule has 0 radical (unpaired) electrons. The molecular formula is C19H24N2O4S. The van der Waals surface area contributed by atoms with Crippen molar-refractivity contribution in [3.63, 3.8) is 0 Å². The van der Waals surface area contributed by atoms with Crippen LogP contribution >= 0.6 is 0 Å². The summed E-state index contributed by atoms with van der Waals surface area (Å²) in [5.74, 6) is 0.273. The zero-order chi connectivity index (χ0) is 19.3. The van der Waals surface area contributed by atoms with Crippen molar-refractivity contribution in [3.05, 3.63) is 54.1 Å². The number of sulfonamides is 1. The number of nitrogens with zero attached hydrogens (tertiary/aromatic N) is 1. The van der Waals surface area contributed by atoms with Gasteiger partial charge in [0.05, 0.1) is 11.9 Å². The molecule has 1 unspecified atom stereocenters. The van der Waals surface area contributed by atoms with E-state index in [0.29, 0.717) is 23.5 Å². The summed E-state index contributed by atoms with van der Waals surface area (Å²) in [5, 5.41) is 2.84. The minimum absolute atomic E-state index is 0.228. The lowest BCUT2D eigenvalue weighted by Crippen LogP contribution is -2.32. The van der Waals surface area contributed by atoms with Crippen molar-refractivity contribution >= 4 is 27.3 Å². The molecule has 7 heteroatoms. The van der Waals surface area contributed by atoms with Crippen LogP contribution in [0.1, 0.15) is 18.9 Å². The minimum Gasteiger partial charge on any atom is -0.481 e. The van der Waals surface area contributed by atoms with Crippen molar-refractivity contribution in [1.82, 2.24) is 0 Å². The molecule has 26 heavy (non-hydrogen) atoms. The fourth-order valence-corrected chi connectivity index (χ4v) is 2.78. The van der Waals surface area contributed by atoms with E-state index >= 15 is 0 Å². The average molecular weight is 376 g/mol. The van der Waals surface area contributed by atoms with Gasteiger partial charge in [0, 0.05) is 12.7 Å². The highest BCUT2D eigenvalue weighted by Crippen LogP contribution is 2.22. The maximum absolute atomic E-state index is 12.4. The lowest BCUT2D eigenvalue weighted by atomic mass is 10.2. The third kappa shape index (κ3) is 5.23. The van der Waals surface area contributed by atoms with Gasteiger partial charge in [-0.05, 0) is 49.7 Å². The Kier molecular flexibility index (Phi) is 6.26. The number of aryl methyl sites for hydroxylation is 1. The summed E-state index contributed by atoms with van der Waals surface area (Å²) in [4.78, 5) is 12.4. The van der Waals surface area contributed by atoms with Gasteiger partial charge in [0.1, 0.15) is 5.75 Å². The monoisotopic (exact) mass is 376 g/mol. The van der Waals surface area contributed by atoms with Crippen LogP contribution in [-0.4, -0.2) is 33.7 Å². The predicted octanol–water partition coefficient (Wildman–Crippen LogP) is 3.19. The number of benzene rings is 2. The lowest BCUT2D eigenvalue weighted by Gasteiger charge is -2.19. The van der Waals surface area contributed by atoms with Crippen molar-refractivity contribution in [2.75, 3.05) is 22.9 Å². The van der Waals surface area contributed by atoms with Gasteiger partial charge in [0.15, 0.2) is 6.10 Å². The first kappa shape index (κ1) is 19.8. The Morgan fingerprint density at radius 1 is 1.12 bits per heavy atom. The van der Waals surface area contributed by atoms with E-state index in [2.05, 4.69) is 5.32 Å². The van der Waals surface area contributed by atoms with E-state index in [4.69, 9.17) is 4.74 Å². The third-order valence-corrected chi connectivity index (χ3v) is 5.16. The van der Waals surface area contributed by atoms with E-state index in [1.54, 1.807) is 24.3 Å². The van der Waals surface area contributed by atoms with Crippen molar-refractivity contribution in [3.8, 4) is 5.75 Å². The van der Waals surface area contributed by atoms with Gasteiger partial charge in [-0.15, -0.1) is 0 Å². The lowest BCUT2D eigenvalue weighted by molar-refractivity contribution is -0.122. The molecule has 2 rings (SSSR count). The molecule has 1 atom stereocenters. The normalized spacial score (nSPS) is 12.3. The van der Waals surface area contributed by atoms with Gasteiger partial charge in [-0.25, -0.2) is 8.42 Å². The molecule has 0 bridgehead atoms. The number of amides is 1. The molecular weight excluding hydrogens is 352 g/mol. The molecule has 0 saturated carbocycles. The molecule has 2 aromatic carbocycles. The molecule has 0 heterocycles. The molecule has 0 aliphatic heterocycles. The molecule has 140 valence electrons. The average Bonchev–Trinajstić information content (AvgIpc) is 2.60. The molecule has 0 saturated heterocycles. The van der Waals surface area contributed by atoms with Crippen molar-refractivity contribution < 1.29 is 17.9 Å². The molecule has 1 amide bonds. The van der Waals surface area contributed by atoms with Crippen molar-refractivity contribution in [2.24, 2.45) is 0 Å². The maximum Gasteiger partial charge on any atom is 0.265 e. The highest BCUT2D eigenvalue weighted by molar-refractivity contribution is 7.92. The number of nitrogens with one attached hydrogen (secondary N) is 1. The maximum atomic E-state index is 12.4. The third-order valence-electron chi connectivity index (χ3n) is 3.96. The van der Waals surface area contributed by atoms with Gasteiger partial charge in [-0.2, -0.15) is 0 Å². The number of hydrogen-bond donors (Lipinski definition) is 1. The summed E-state index contributed by atoms with van der Waals surface area (Å²) >= 11 is 0. The number of ether oxygens (including phenoxy) is 1. The molecule has 0 fully saturated rings. The van der Waals surface area contributed by atoms with E-state index in [1.165, 1.54) is 11.4 Å². The first-order valence-corrected chi connectivity index (χ1v) is 10.1. The summed E-state index contributed by atoms with van der Waals surface area (Å²) < 4.78 is 30.1. The van der Waals surface area contributed by atoms with Crippen LogP contribution in [-0.2, 0) is 14.8 Å². The van der Waals surface area contributed by atoms with Gasteiger partial charge in [-0.1, -0.05) is 24.6 Å². The molecule has 0 aliphatic carbocycles.